The van der Waals surface area contributed by atoms with Gasteiger partial charge in [-0.3, -0.25) is 0 Å². The summed E-state index contributed by atoms with van der Waals surface area (Å²) in [5.74, 6) is 1.68. The fourth-order valence-corrected chi connectivity index (χ4v) is 3.47. The summed E-state index contributed by atoms with van der Waals surface area (Å²) >= 11 is 2.97. The third kappa shape index (κ3) is 4.01. The minimum absolute atomic E-state index is 0.144. The summed E-state index contributed by atoms with van der Waals surface area (Å²) in [6.07, 6.45) is 0. The molecule has 1 N–H and O–H groups in total. The first-order valence-corrected chi connectivity index (χ1v) is 8.88. The van der Waals surface area contributed by atoms with Gasteiger partial charge in [-0.25, -0.2) is 8.51 Å². The highest BCUT2D eigenvalue weighted by Gasteiger charge is 2.15. The molecule has 0 saturated carbocycles. The summed E-state index contributed by atoms with van der Waals surface area (Å²) in [5, 5.41) is 2.89. The smallest absolute Gasteiger partial charge is 0.342 e. The molecular weight excluding hydrogens is 320 g/mol. The van der Waals surface area contributed by atoms with Gasteiger partial charge in [-0.15, -0.1) is 0 Å². The molecule has 0 bridgehead atoms. The van der Waals surface area contributed by atoms with Gasteiger partial charge in [0.15, 0.2) is 5.58 Å². The van der Waals surface area contributed by atoms with Gasteiger partial charge in [0.05, 0.1) is 0 Å². The van der Waals surface area contributed by atoms with E-state index in [9.17, 15) is 4.79 Å². The Morgan fingerprint density at radius 3 is 2.55 bits per heavy atom. The lowest BCUT2D eigenvalue weighted by Gasteiger charge is -2.18. The lowest BCUT2D eigenvalue weighted by molar-refractivity contribution is 0.250. The zero-order valence-electron chi connectivity index (χ0n) is 13.1. The number of fused-ring (bicyclic) bond motifs is 1. The average molecular weight is 340 g/mol. The van der Waals surface area contributed by atoms with Crippen LogP contribution in [0.5, 0.6) is 0 Å². The number of amides is 2. The SMILES string of the molecule is CCSN(SCC)C(=O)Nc1ccc2oc(N(C)C)nc2c1. The van der Waals surface area contributed by atoms with Crippen molar-refractivity contribution in [2.24, 2.45) is 0 Å². The van der Waals surface area contributed by atoms with Crippen molar-refractivity contribution in [3.05, 3.63) is 18.2 Å². The van der Waals surface area contributed by atoms with Gasteiger partial charge in [0.2, 0.25) is 0 Å². The highest BCUT2D eigenvalue weighted by atomic mass is 32.2. The third-order valence-corrected chi connectivity index (χ3v) is 4.62. The molecule has 2 aromatic rings. The highest BCUT2D eigenvalue weighted by Crippen LogP contribution is 2.26. The molecule has 0 saturated heterocycles. The van der Waals surface area contributed by atoms with E-state index < -0.39 is 0 Å². The van der Waals surface area contributed by atoms with Crippen molar-refractivity contribution >= 4 is 52.7 Å². The fourth-order valence-electron chi connectivity index (χ4n) is 1.74. The molecule has 2 rings (SSSR count). The van der Waals surface area contributed by atoms with Crippen LogP contribution in [-0.4, -0.2) is 40.3 Å². The number of aromatic nitrogens is 1. The number of rotatable bonds is 6. The van der Waals surface area contributed by atoms with Crippen LogP contribution in [0.4, 0.5) is 16.5 Å². The van der Waals surface area contributed by atoms with Crippen LogP contribution in [0.1, 0.15) is 13.8 Å². The van der Waals surface area contributed by atoms with Crippen molar-refractivity contribution in [1.82, 2.24) is 8.69 Å². The van der Waals surface area contributed by atoms with E-state index in [1.807, 2.05) is 46.1 Å². The van der Waals surface area contributed by atoms with E-state index >= 15 is 0 Å². The summed E-state index contributed by atoms with van der Waals surface area (Å²) in [6, 6.07) is 5.85. The van der Waals surface area contributed by atoms with Gasteiger partial charge >= 0.3 is 6.03 Å². The standard InChI is InChI=1S/C14H20N4O2S2/c1-5-21-18(22-6-2)13(19)15-10-7-8-12-11(9-10)16-14(20-12)17(3)4/h7-9H,5-6H2,1-4H3,(H,15,19). The fraction of sp³-hybridized carbons (Fsp3) is 0.429. The largest absolute Gasteiger partial charge is 0.423 e. The number of hydrogen-bond acceptors (Lipinski definition) is 6. The van der Waals surface area contributed by atoms with Crippen molar-refractivity contribution < 1.29 is 9.21 Å². The number of nitrogens with zero attached hydrogens (tertiary/aromatic N) is 3. The molecule has 0 aliphatic rings. The summed E-state index contributed by atoms with van der Waals surface area (Å²) in [6.45, 7) is 4.04. The second kappa shape index (κ2) is 7.64. The first kappa shape index (κ1) is 16.8. The Labute approximate surface area is 138 Å². The minimum atomic E-state index is -0.144. The van der Waals surface area contributed by atoms with E-state index in [1.54, 1.807) is 8.61 Å². The van der Waals surface area contributed by atoms with Crippen LogP contribution < -0.4 is 10.2 Å². The monoisotopic (exact) mass is 340 g/mol. The Hall–Kier alpha value is -1.54. The van der Waals surface area contributed by atoms with Gasteiger partial charge in [-0.2, -0.15) is 4.98 Å². The van der Waals surface area contributed by atoms with Gasteiger partial charge in [0.1, 0.15) is 5.52 Å². The maximum Gasteiger partial charge on any atom is 0.342 e. The van der Waals surface area contributed by atoms with Crippen LogP contribution >= 0.6 is 23.9 Å². The van der Waals surface area contributed by atoms with Gasteiger partial charge < -0.3 is 14.6 Å². The van der Waals surface area contributed by atoms with Gasteiger partial charge in [0, 0.05) is 31.3 Å². The summed E-state index contributed by atoms with van der Waals surface area (Å²) in [4.78, 5) is 18.4. The second-order valence-electron chi connectivity index (χ2n) is 4.60. The Morgan fingerprint density at radius 2 is 1.95 bits per heavy atom. The predicted octanol–water partition coefficient (Wildman–Crippen LogP) is 4.06. The zero-order chi connectivity index (χ0) is 16.1. The van der Waals surface area contributed by atoms with E-state index in [1.165, 1.54) is 23.9 Å². The Balaban J connectivity index is 2.14. The molecule has 1 heterocycles. The summed E-state index contributed by atoms with van der Waals surface area (Å²) < 4.78 is 7.26. The molecule has 0 atom stereocenters. The summed E-state index contributed by atoms with van der Waals surface area (Å²) in [5.41, 5.74) is 2.12. The number of anilines is 2. The number of urea groups is 1. The molecular formula is C14H20N4O2S2. The van der Waals surface area contributed by atoms with Crippen molar-refractivity contribution in [3.8, 4) is 0 Å². The van der Waals surface area contributed by atoms with Crippen molar-refractivity contribution in [3.63, 3.8) is 0 Å². The van der Waals surface area contributed by atoms with Crippen molar-refractivity contribution in [2.75, 3.05) is 35.8 Å². The molecule has 0 radical (unpaired) electrons. The van der Waals surface area contributed by atoms with Crippen LogP contribution in [-0.2, 0) is 0 Å². The predicted molar refractivity (Wildman–Crippen MR) is 95.5 cm³/mol. The lowest BCUT2D eigenvalue weighted by atomic mass is 10.3. The van der Waals surface area contributed by atoms with E-state index in [4.69, 9.17) is 4.42 Å². The molecule has 0 aliphatic carbocycles. The number of oxazole rings is 1. The quantitative estimate of drug-likeness (QED) is 0.800. The number of benzene rings is 1. The molecule has 22 heavy (non-hydrogen) atoms. The Kier molecular flexibility index (Phi) is 5.84. The van der Waals surface area contributed by atoms with Crippen molar-refractivity contribution in [1.29, 1.82) is 0 Å². The topological polar surface area (TPSA) is 61.6 Å². The Bertz CT molecular complexity index is 639. The van der Waals surface area contributed by atoms with E-state index in [0.717, 1.165) is 17.0 Å². The van der Waals surface area contributed by atoms with Crippen molar-refractivity contribution in [2.45, 2.75) is 13.8 Å². The highest BCUT2D eigenvalue weighted by molar-refractivity contribution is 8.12. The lowest BCUT2D eigenvalue weighted by Crippen LogP contribution is -2.24. The first-order chi connectivity index (χ1) is 10.5. The van der Waals surface area contributed by atoms with E-state index in [0.29, 0.717) is 17.3 Å². The molecule has 0 fully saturated rings. The van der Waals surface area contributed by atoms with Crippen LogP contribution in [0.3, 0.4) is 0 Å². The maximum atomic E-state index is 12.3. The van der Waals surface area contributed by atoms with E-state index in [-0.39, 0.29) is 6.03 Å². The molecule has 1 aromatic heterocycles. The molecule has 120 valence electrons. The maximum absolute atomic E-state index is 12.3. The first-order valence-electron chi connectivity index (χ1n) is 7.00. The number of carbonyl (C=O) groups is 1. The number of carbonyl (C=O) groups excluding carboxylic acids is 1. The molecule has 8 heteroatoms. The molecule has 2 amide bonds. The van der Waals surface area contributed by atoms with Gasteiger partial charge in [0.25, 0.3) is 6.01 Å². The van der Waals surface area contributed by atoms with Gasteiger partial charge in [-0.05, 0) is 42.1 Å². The Morgan fingerprint density at radius 1 is 1.27 bits per heavy atom. The molecule has 6 nitrogen and oxygen atoms in total. The molecule has 1 aromatic carbocycles. The zero-order valence-corrected chi connectivity index (χ0v) is 14.8. The van der Waals surface area contributed by atoms with E-state index in [2.05, 4.69) is 10.3 Å². The minimum Gasteiger partial charge on any atom is -0.423 e. The third-order valence-electron chi connectivity index (χ3n) is 2.67. The van der Waals surface area contributed by atoms with Crippen LogP contribution in [0.2, 0.25) is 0 Å². The van der Waals surface area contributed by atoms with Crippen LogP contribution in [0, 0.1) is 0 Å². The summed E-state index contributed by atoms with van der Waals surface area (Å²) in [7, 11) is 3.74. The normalized spacial score (nSPS) is 10.7. The molecule has 0 spiro atoms. The number of hydrogen-bond donors (Lipinski definition) is 1. The molecule has 0 aliphatic heterocycles. The average Bonchev–Trinajstić information content (AvgIpc) is 2.90. The van der Waals surface area contributed by atoms with Crippen LogP contribution in [0.25, 0.3) is 11.1 Å². The molecule has 0 unspecified atom stereocenters. The second-order valence-corrected chi connectivity index (χ2v) is 7.23. The van der Waals surface area contributed by atoms with Crippen LogP contribution in [0.15, 0.2) is 22.6 Å². The van der Waals surface area contributed by atoms with Gasteiger partial charge in [-0.1, -0.05) is 13.8 Å². The number of nitrogens with one attached hydrogen (secondary N) is 1.